The van der Waals surface area contributed by atoms with Crippen molar-refractivity contribution in [3.05, 3.63) is 63.9 Å². The third kappa shape index (κ3) is 4.25. The van der Waals surface area contributed by atoms with Crippen molar-refractivity contribution < 1.29 is 14.0 Å². The fraction of sp³-hybridized carbons (Fsp3) is 0.263. The van der Waals surface area contributed by atoms with Crippen molar-refractivity contribution in [2.24, 2.45) is 0 Å². The van der Waals surface area contributed by atoms with E-state index >= 15 is 0 Å². The Morgan fingerprint density at radius 3 is 2.80 bits per heavy atom. The van der Waals surface area contributed by atoms with Gasteiger partial charge in [-0.3, -0.25) is 9.59 Å². The Morgan fingerprint density at radius 1 is 1.24 bits per heavy atom. The molecule has 1 fully saturated rings. The molecule has 0 atom stereocenters. The lowest BCUT2D eigenvalue weighted by atomic mass is 10.1. The summed E-state index contributed by atoms with van der Waals surface area (Å²) < 4.78 is 13.6. The van der Waals surface area contributed by atoms with Gasteiger partial charge in [0.15, 0.2) is 0 Å². The van der Waals surface area contributed by atoms with Crippen LogP contribution < -0.4 is 10.2 Å². The highest BCUT2D eigenvalue weighted by atomic mass is 79.9. The lowest BCUT2D eigenvalue weighted by Gasteiger charge is -2.16. The average Bonchev–Trinajstić information content (AvgIpc) is 3.04. The van der Waals surface area contributed by atoms with Crippen LogP contribution in [0.25, 0.3) is 0 Å². The molecule has 0 saturated carbocycles. The first-order valence-electron chi connectivity index (χ1n) is 8.17. The van der Waals surface area contributed by atoms with Crippen molar-refractivity contribution in [1.29, 1.82) is 0 Å². The minimum Gasteiger partial charge on any atom is -0.352 e. The van der Waals surface area contributed by atoms with Crippen LogP contribution >= 0.6 is 15.9 Å². The van der Waals surface area contributed by atoms with Crippen molar-refractivity contribution in [2.45, 2.75) is 19.3 Å². The molecule has 0 aromatic heterocycles. The monoisotopic (exact) mass is 404 g/mol. The van der Waals surface area contributed by atoms with E-state index < -0.39 is 0 Å². The number of nitrogens with zero attached hydrogens (tertiary/aromatic N) is 1. The van der Waals surface area contributed by atoms with Crippen LogP contribution in [0.2, 0.25) is 0 Å². The van der Waals surface area contributed by atoms with E-state index in [-0.39, 0.29) is 17.6 Å². The molecule has 25 heavy (non-hydrogen) atoms. The lowest BCUT2D eigenvalue weighted by molar-refractivity contribution is -0.117. The maximum Gasteiger partial charge on any atom is 0.251 e. The molecular formula is C19H18BrFN2O2. The molecule has 0 spiro atoms. The minimum atomic E-state index is -0.305. The van der Waals surface area contributed by atoms with E-state index in [0.717, 1.165) is 17.7 Å². The van der Waals surface area contributed by atoms with Crippen LogP contribution in [0.1, 0.15) is 28.8 Å². The van der Waals surface area contributed by atoms with E-state index in [1.807, 2.05) is 6.07 Å². The second-order valence-corrected chi connectivity index (χ2v) is 6.81. The molecule has 0 unspecified atom stereocenters. The summed E-state index contributed by atoms with van der Waals surface area (Å²) >= 11 is 3.15. The highest BCUT2D eigenvalue weighted by Crippen LogP contribution is 2.22. The van der Waals surface area contributed by atoms with Crippen molar-refractivity contribution >= 4 is 33.4 Å². The van der Waals surface area contributed by atoms with Gasteiger partial charge in [-0.1, -0.05) is 12.1 Å². The summed E-state index contributed by atoms with van der Waals surface area (Å²) in [6.07, 6.45) is 2.01. The van der Waals surface area contributed by atoms with Crippen LogP contribution in [0, 0.1) is 5.82 Å². The van der Waals surface area contributed by atoms with Gasteiger partial charge in [0.05, 0.1) is 4.47 Å². The lowest BCUT2D eigenvalue weighted by Crippen LogP contribution is -2.27. The van der Waals surface area contributed by atoms with Gasteiger partial charge in [-0.25, -0.2) is 4.39 Å². The second kappa shape index (κ2) is 7.78. The molecule has 4 nitrogen and oxygen atoms in total. The van der Waals surface area contributed by atoms with Gasteiger partial charge in [0.25, 0.3) is 5.91 Å². The van der Waals surface area contributed by atoms with E-state index in [4.69, 9.17) is 0 Å². The van der Waals surface area contributed by atoms with Gasteiger partial charge >= 0.3 is 0 Å². The van der Waals surface area contributed by atoms with Gasteiger partial charge in [-0.15, -0.1) is 0 Å². The summed E-state index contributed by atoms with van der Waals surface area (Å²) in [5, 5.41) is 2.86. The highest BCUT2D eigenvalue weighted by molar-refractivity contribution is 9.10. The molecule has 1 aliphatic rings. The molecular weight excluding hydrogens is 387 g/mol. The first-order valence-corrected chi connectivity index (χ1v) is 8.96. The Hall–Kier alpha value is -2.21. The number of carbonyl (C=O) groups is 2. The molecule has 3 rings (SSSR count). The molecule has 6 heteroatoms. The number of nitrogens with one attached hydrogen (secondary N) is 1. The summed E-state index contributed by atoms with van der Waals surface area (Å²) in [6.45, 7) is 1.15. The van der Waals surface area contributed by atoms with Crippen molar-refractivity contribution in [2.75, 3.05) is 18.0 Å². The third-order valence-electron chi connectivity index (χ3n) is 4.18. The number of anilines is 1. The largest absolute Gasteiger partial charge is 0.352 e. The molecule has 0 radical (unpaired) electrons. The summed E-state index contributed by atoms with van der Waals surface area (Å²) in [5.74, 6) is -0.393. The van der Waals surface area contributed by atoms with Gasteiger partial charge in [-0.2, -0.15) is 0 Å². The number of rotatable bonds is 5. The topological polar surface area (TPSA) is 49.4 Å². The fourth-order valence-electron chi connectivity index (χ4n) is 2.85. The summed E-state index contributed by atoms with van der Waals surface area (Å²) in [4.78, 5) is 25.9. The Bertz CT molecular complexity index is 810. The number of hydrogen-bond acceptors (Lipinski definition) is 2. The normalized spacial score (nSPS) is 14.0. The van der Waals surface area contributed by atoms with E-state index in [0.29, 0.717) is 36.0 Å². The van der Waals surface area contributed by atoms with E-state index in [1.165, 1.54) is 6.07 Å². The van der Waals surface area contributed by atoms with Gasteiger partial charge in [0.1, 0.15) is 5.82 Å². The predicted molar refractivity (Wildman–Crippen MR) is 98.2 cm³/mol. The number of hydrogen-bond donors (Lipinski definition) is 1. The molecule has 2 aromatic rings. The van der Waals surface area contributed by atoms with Crippen LogP contribution in [0.3, 0.4) is 0 Å². The van der Waals surface area contributed by atoms with Gasteiger partial charge < -0.3 is 10.2 Å². The Labute approximate surface area is 154 Å². The molecule has 1 heterocycles. The Morgan fingerprint density at radius 2 is 2.08 bits per heavy atom. The maximum absolute atomic E-state index is 13.2. The molecule has 0 bridgehead atoms. The van der Waals surface area contributed by atoms with Crippen LogP contribution in [0.5, 0.6) is 0 Å². The van der Waals surface area contributed by atoms with Crippen molar-refractivity contribution in [3.8, 4) is 0 Å². The number of amides is 2. The summed E-state index contributed by atoms with van der Waals surface area (Å²) in [5.41, 5.74) is 2.22. The minimum absolute atomic E-state index is 0.0967. The Balaban J connectivity index is 1.59. The van der Waals surface area contributed by atoms with Crippen molar-refractivity contribution in [3.63, 3.8) is 0 Å². The number of carbonyl (C=O) groups excluding carboxylic acids is 2. The first-order chi connectivity index (χ1) is 12.0. The fourth-order valence-corrected chi connectivity index (χ4v) is 3.28. The zero-order chi connectivity index (χ0) is 17.8. The van der Waals surface area contributed by atoms with Gasteiger partial charge in [0.2, 0.25) is 5.91 Å². The Kier molecular flexibility index (Phi) is 5.48. The highest BCUT2D eigenvalue weighted by Gasteiger charge is 2.22. The SMILES string of the molecule is O=C(NCCc1ccc(F)c(Br)c1)c1cccc(N2CCCC2=O)c1. The molecule has 1 aliphatic heterocycles. The van der Waals surface area contributed by atoms with Crippen LogP contribution in [0.4, 0.5) is 10.1 Å². The van der Waals surface area contributed by atoms with E-state index in [9.17, 15) is 14.0 Å². The van der Waals surface area contributed by atoms with Crippen molar-refractivity contribution in [1.82, 2.24) is 5.32 Å². The van der Waals surface area contributed by atoms with Crippen LogP contribution in [0.15, 0.2) is 46.9 Å². The zero-order valence-corrected chi connectivity index (χ0v) is 15.2. The third-order valence-corrected chi connectivity index (χ3v) is 4.78. The summed E-state index contributed by atoms with van der Waals surface area (Å²) in [6, 6.07) is 11.9. The van der Waals surface area contributed by atoms with Crippen LogP contribution in [-0.4, -0.2) is 24.9 Å². The van der Waals surface area contributed by atoms with Gasteiger partial charge in [0, 0.05) is 30.8 Å². The number of halogens is 2. The molecule has 1 N–H and O–H groups in total. The van der Waals surface area contributed by atoms with E-state index in [2.05, 4.69) is 21.2 Å². The predicted octanol–water partition coefficient (Wildman–Crippen LogP) is 3.69. The molecule has 1 saturated heterocycles. The second-order valence-electron chi connectivity index (χ2n) is 5.95. The molecule has 2 amide bonds. The maximum atomic E-state index is 13.2. The summed E-state index contributed by atoms with van der Waals surface area (Å²) in [7, 11) is 0. The zero-order valence-electron chi connectivity index (χ0n) is 13.6. The van der Waals surface area contributed by atoms with Crippen LogP contribution in [-0.2, 0) is 11.2 Å². The first kappa shape index (κ1) is 17.6. The van der Waals surface area contributed by atoms with E-state index in [1.54, 1.807) is 35.2 Å². The molecule has 2 aromatic carbocycles. The number of benzene rings is 2. The molecule has 0 aliphatic carbocycles. The smallest absolute Gasteiger partial charge is 0.251 e. The average molecular weight is 405 g/mol. The van der Waals surface area contributed by atoms with Gasteiger partial charge in [-0.05, 0) is 64.7 Å². The standard InChI is InChI=1S/C19H18BrFN2O2/c20-16-11-13(6-7-17(16)21)8-9-22-19(25)14-3-1-4-15(12-14)23-10-2-5-18(23)24/h1,3-4,6-7,11-12H,2,5,8-10H2,(H,22,25). The molecule has 130 valence electrons. The quantitative estimate of drug-likeness (QED) is 0.825.